The van der Waals surface area contributed by atoms with Crippen molar-refractivity contribution >= 4 is 34.8 Å². The third-order valence-corrected chi connectivity index (χ3v) is 1.54. The van der Waals surface area contributed by atoms with Crippen LogP contribution in [-0.4, -0.2) is 21.8 Å². The molecule has 0 bridgehead atoms. The first-order valence-corrected chi connectivity index (χ1v) is 4.30. The van der Waals surface area contributed by atoms with Gasteiger partial charge in [0.2, 0.25) is 3.79 Å². The van der Waals surface area contributed by atoms with Crippen molar-refractivity contribution in [2.75, 3.05) is 6.61 Å². The highest BCUT2D eigenvalue weighted by Gasteiger charge is 2.27. The predicted molar refractivity (Wildman–Crippen MR) is 46.8 cm³/mol. The molecule has 0 spiro atoms. The van der Waals surface area contributed by atoms with Gasteiger partial charge >= 0.3 is 6.01 Å². The molecule has 1 N–H and O–H groups in total. The number of hydrogen-bond acceptors (Lipinski definition) is 3. The van der Waals surface area contributed by atoms with Gasteiger partial charge in [-0.25, -0.2) is 0 Å². The Kier molecular flexibility index (Phi) is 3.04. The molecule has 0 unspecified atom stereocenters. The van der Waals surface area contributed by atoms with E-state index in [-0.39, 0.29) is 11.8 Å². The van der Waals surface area contributed by atoms with E-state index in [0.29, 0.717) is 6.61 Å². The maximum absolute atomic E-state index is 5.51. The second kappa shape index (κ2) is 3.68. The molecule has 0 aromatic carbocycles. The molecule has 0 aliphatic heterocycles. The summed E-state index contributed by atoms with van der Waals surface area (Å²) < 4.78 is 3.37. The van der Waals surface area contributed by atoms with Crippen LogP contribution in [0.4, 0.5) is 0 Å². The van der Waals surface area contributed by atoms with E-state index < -0.39 is 3.79 Å². The molecule has 0 aliphatic carbocycles. The molecule has 0 saturated carbocycles. The molecule has 4 nitrogen and oxygen atoms in total. The van der Waals surface area contributed by atoms with E-state index in [4.69, 9.17) is 39.5 Å². The standard InChI is InChI=1S/C5H6Cl3N3O/c1-2-12-4-9-3(10-11-4)5(6,7)8/h2H2,1H3,(H,9,10,11). The van der Waals surface area contributed by atoms with Gasteiger partial charge in [-0.05, 0) is 6.92 Å². The summed E-state index contributed by atoms with van der Waals surface area (Å²) >= 11 is 16.5. The molecule has 12 heavy (non-hydrogen) atoms. The van der Waals surface area contributed by atoms with Crippen molar-refractivity contribution in [2.24, 2.45) is 0 Å². The minimum absolute atomic E-state index is 0.149. The molecule has 0 atom stereocenters. The molecule has 1 aromatic heterocycles. The van der Waals surface area contributed by atoms with E-state index in [1.807, 2.05) is 6.92 Å². The smallest absolute Gasteiger partial charge is 0.335 e. The molecule has 0 amide bonds. The fourth-order valence-corrected chi connectivity index (χ4v) is 0.820. The number of aromatic amines is 1. The zero-order chi connectivity index (χ0) is 9.19. The minimum Gasteiger partial charge on any atom is -0.463 e. The largest absolute Gasteiger partial charge is 0.463 e. The van der Waals surface area contributed by atoms with Crippen molar-refractivity contribution < 1.29 is 4.74 Å². The molecule has 1 heterocycles. The Morgan fingerprint density at radius 1 is 1.50 bits per heavy atom. The van der Waals surface area contributed by atoms with Crippen LogP contribution in [0.3, 0.4) is 0 Å². The van der Waals surface area contributed by atoms with E-state index in [9.17, 15) is 0 Å². The van der Waals surface area contributed by atoms with E-state index in [1.165, 1.54) is 0 Å². The van der Waals surface area contributed by atoms with Crippen LogP contribution in [0, 0.1) is 0 Å². The Morgan fingerprint density at radius 3 is 2.58 bits per heavy atom. The lowest BCUT2D eigenvalue weighted by Gasteiger charge is -2.03. The maximum atomic E-state index is 5.51. The molecule has 1 rings (SSSR count). The lowest BCUT2D eigenvalue weighted by atomic mass is 10.7. The van der Waals surface area contributed by atoms with Gasteiger partial charge in [-0.15, -0.1) is 5.10 Å². The van der Waals surface area contributed by atoms with Crippen molar-refractivity contribution in [2.45, 2.75) is 10.7 Å². The van der Waals surface area contributed by atoms with Crippen LogP contribution in [0.5, 0.6) is 6.01 Å². The third-order valence-electron chi connectivity index (χ3n) is 1.01. The lowest BCUT2D eigenvalue weighted by molar-refractivity contribution is 0.313. The Labute approximate surface area is 84.2 Å². The quantitative estimate of drug-likeness (QED) is 0.791. The van der Waals surface area contributed by atoms with Crippen LogP contribution in [0.25, 0.3) is 0 Å². The molecule has 0 radical (unpaired) electrons. The average molecular weight is 230 g/mol. The van der Waals surface area contributed by atoms with Crippen LogP contribution < -0.4 is 4.74 Å². The first-order chi connectivity index (χ1) is 5.54. The summed E-state index contributed by atoms with van der Waals surface area (Å²) in [4.78, 5) is 3.79. The van der Waals surface area contributed by atoms with Crippen molar-refractivity contribution in [1.82, 2.24) is 15.2 Å². The monoisotopic (exact) mass is 229 g/mol. The number of nitrogens with one attached hydrogen (secondary N) is 1. The maximum Gasteiger partial charge on any atom is 0.335 e. The Bertz CT molecular complexity index is 257. The highest BCUT2D eigenvalue weighted by atomic mass is 35.6. The number of H-pyrrole nitrogens is 1. The van der Waals surface area contributed by atoms with Gasteiger partial charge in [0.25, 0.3) is 0 Å². The third kappa shape index (κ3) is 2.40. The molecular weight excluding hydrogens is 224 g/mol. The lowest BCUT2D eigenvalue weighted by Crippen LogP contribution is -2.02. The highest BCUT2D eigenvalue weighted by molar-refractivity contribution is 6.66. The summed E-state index contributed by atoms with van der Waals surface area (Å²) in [5.41, 5.74) is 0. The predicted octanol–water partition coefficient (Wildman–Crippen LogP) is 2.03. The molecule has 0 saturated heterocycles. The fraction of sp³-hybridized carbons (Fsp3) is 0.600. The zero-order valence-corrected chi connectivity index (χ0v) is 8.41. The van der Waals surface area contributed by atoms with Gasteiger partial charge in [-0.3, -0.25) is 5.10 Å². The normalized spacial score (nSPS) is 11.7. The number of halogens is 3. The Morgan fingerprint density at radius 2 is 2.17 bits per heavy atom. The summed E-state index contributed by atoms with van der Waals surface area (Å²) in [6, 6.07) is 0.179. The van der Waals surface area contributed by atoms with Gasteiger partial charge in [0.1, 0.15) is 0 Å². The van der Waals surface area contributed by atoms with Crippen molar-refractivity contribution in [3.63, 3.8) is 0 Å². The van der Waals surface area contributed by atoms with E-state index in [2.05, 4.69) is 15.2 Å². The highest BCUT2D eigenvalue weighted by Crippen LogP contribution is 2.36. The summed E-state index contributed by atoms with van der Waals surface area (Å²) in [6.07, 6.45) is 0. The summed E-state index contributed by atoms with van der Waals surface area (Å²) in [5.74, 6) is 0.149. The molecule has 0 aliphatic rings. The van der Waals surface area contributed by atoms with Gasteiger partial charge in [0.15, 0.2) is 5.82 Å². The molecule has 7 heteroatoms. The first kappa shape index (κ1) is 9.89. The second-order valence-corrected chi connectivity index (χ2v) is 4.18. The van der Waals surface area contributed by atoms with E-state index >= 15 is 0 Å². The number of ether oxygens (including phenoxy) is 1. The number of rotatable bonds is 2. The van der Waals surface area contributed by atoms with Crippen molar-refractivity contribution in [3.05, 3.63) is 5.82 Å². The molecule has 68 valence electrons. The van der Waals surface area contributed by atoms with Gasteiger partial charge in [-0.2, -0.15) is 4.98 Å². The SMILES string of the molecule is CCOc1n[nH]c(C(Cl)(Cl)Cl)n1. The number of alkyl halides is 3. The Hall–Kier alpha value is -0.190. The zero-order valence-electron chi connectivity index (χ0n) is 6.14. The van der Waals surface area contributed by atoms with Crippen molar-refractivity contribution in [3.8, 4) is 6.01 Å². The second-order valence-electron chi connectivity index (χ2n) is 1.90. The number of aromatic nitrogens is 3. The molecule has 1 aromatic rings. The van der Waals surface area contributed by atoms with Crippen LogP contribution in [-0.2, 0) is 3.79 Å². The fourth-order valence-electron chi connectivity index (χ4n) is 0.567. The first-order valence-electron chi connectivity index (χ1n) is 3.16. The molecule has 0 fully saturated rings. The van der Waals surface area contributed by atoms with Gasteiger partial charge in [0.05, 0.1) is 6.61 Å². The van der Waals surface area contributed by atoms with Crippen LogP contribution in [0.15, 0.2) is 0 Å². The van der Waals surface area contributed by atoms with Crippen molar-refractivity contribution in [1.29, 1.82) is 0 Å². The number of hydrogen-bond donors (Lipinski definition) is 1. The summed E-state index contributed by atoms with van der Waals surface area (Å²) in [6.45, 7) is 2.28. The van der Waals surface area contributed by atoms with Crippen LogP contribution in [0.2, 0.25) is 0 Å². The average Bonchev–Trinajstić information content (AvgIpc) is 2.35. The Balaban J connectivity index is 2.77. The van der Waals surface area contributed by atoms with Crippen LogP contribution in [0.1, 0.15) is 12.7 Å². The molecular formula is C5H6Cl3N3O. The van der Waals surface area contributed by atoms with Crippen LogP contribution >= 0.6 is 34.8 Å². The van der Waals surface area contributed by atoms with E-state index in [1.54, 1.807) is 0 Å². The minimum atomic E-state index is -1.58. The summed E-state index contributed by atoms with van der Waals surface area (Å²) in [7, 11) is 0. The van der Waals surface area contributed by atoms with Gasteiger partial charge in [0, 0.05) is 0 Å². The number of nitrogens with zero attached hydrogens (tertiary/aromatic N) is 2. The van der Waals surface area contributed by atoms with Gasteiger partial charge in [-0.1, -0.05) is 34.8 Å². The van der Waals surface area contributed by atoms with E-state index in [0.717, 1.165) is 0 Å². The van der Waals surface area contributed by atoms with Gasteiger partial charge < -0.3 is 4.74 Å². The summed E-state index contributed by atoms with van der Waals surface area (Å²) in [5, 5.41) is 6.11. The topological polar surface area (TPSA) is 50.8 Å².